The van der Waals surface area contributed by atoms with Crippen LogP contribution in [0.15, 0.2) is 66.7 Å². The molecule has 13 nitrogen and oxygen atoms in total. The van der Waals surface area contributed by atoms with E-state index in [1.54, 1.807) is 72.3 Å². The molecule has 50 heavy (non-hydrogen) atoms. The molecule has 4 atom stereocenters. The second-order valence-corrected chi connectivity index (χ2v) is 12.8. The number of para-hydroxylation sites is 1. The van der Waals surface area contributed by atoms with E-state index in [9.17, 15) is 19.5 Å². The molecule has 0 bridgehead atoms. The van der Waals surface area contributed by atoms with Gasteiger partial charge in [0.25, 0.3) is 5.91 Å². The average molecular weight is 690 g/mol. The number of carbonyl (C=O) groups excluding carboxylic acids is 3. The monoisotopic (exact) mass is 689 g/mol. The third kappa shape index (κ3) is 9.57. The summed E-state index contributed by atoms with van der Waals surface area (Å²) < 4.78 is 23.5. The van der Waals surface area contributed by atoms with Gasteiger partial charge in [-0.25, -0.2) is 9.59 Å². The summed E-state index contributed by atoms with van der Waals surface area (Å²) in [5.41, 5.74) is 1.86. The molecular weight excluding hydrogens is 642 g/mol. The number of benzene rings is 3. The van der Waals surface area contributed by atoms with Gasteiger partial charge in [-0.15, -0.1) is 0 Å². The maximum atomic E-state index is 14.4. The minimum atomic E-state index is -0.547. The van der Waals surface area contributed by atoms with Crippen LogP contribution in [0.4, 0.5) is 26.7 Å². The molecule has 0 aliphatic carbocycles. The largest absolute Gasteiger partial charge is 0.490 e. The number of amides is 5. The summed E-state index contributed by atoms with van der Waals surface area (Å²) in [5.74, 6) is 0.981. The third-order valence-corrected chi connectivity index (χ3v) is 8.77. The van der Waals surface area contributed by atoms with Crippen LogP contribution in [0, 0.1) is 5.92 Å². The van der Waals surface area contributed by atoms with Crippen LogP contribution in [0.2, 0.25) is 0 Å². The van der Waals surface area contributed by atoms with Gasteiger partial charge in [0, 0.05) is 55.8 Å². The molecule has 0 spiro atoms. The van der Waals surface area contributed by atoms with Crippen molar-refractivity contribution in [2.45, 2.75) is 58.3 Å². The zero-order valence-corrected chi connectivity index (χ0v) is 29.0. The van der Waals surface area contributed by atoms with Crippen LogP contribution in [0.3, 0.4) is 0 Å². The Morgan fingerprint density at radius 1 is 0.920 bits per heavy atom. The maximum Gasteiger partial charge on any atom is 0.323 e. The highest BCUT2D eigenvalue weighted by atomic mass is 16.7. The molecule has 268 valence electrons. The lowest BCUT2D eigenvalue weighted by molar-refractivity contribution is -0.0115. The van der Waals surface area contributed by atoms with Crippen molar-refractivity contribution in [2.75, 3.05) is 56.1 Å². The number of urea groups is 2. The first kappa shape index (κ1) is 36.3. The van der Waals surface area contributed by atoms with Crippen molar-refractivity contribution in [3.8, 4) is 17.2 Å². The van der Waals surface area contributed by atoms with Crippen molar-refractivity contribution in [1.29, 1.82) is 0 Å². The first-order chi connectivity index (χ1) is 24.1. The summed E-state index contributed by atoms with van der Waals surface area (Å²) in [6, 6.07) is 17.9. The molecule has 2 aliphatic heterocycles. The van der Waals surface area contributed by atoms with Gasteiger partial charge in [0.05, 0.1) is 30.4 Å². The summed E-state index contributed by atoms with van der Waals surface area (Å²) in [6.07, 6.45) is 1.72. The summed E-state index contributed by atoms with van der Waals surface area (Å²) >= 11 is 0. The summed E-state index contributed by atoms with van der Waals surface area (Å²) in [6.45, 7) is 6.51. The Hall–Kier alpha value is -5.01. The molecule has 0 unspecified atom stereocenters. The molecule has 13 heteroatoms. The Balaban J connectivity index is 1.35. The van der Waals surface area contributed by atoms with Crippen molar-refractivity contribution in [2.24, 2.45) is 5.92 Å². The molecular formula is C37H47N5O8. The summed E-state index contributed by atoms with van der Waals surface area (Å²) in [7, 11) is 1.70. The van der Waals surface area contributed by atoms with Crippen molar-refractivity contribution in [3.63, 3.8) is 0 Å². The van der Waals surface area contributed by atoms with Crippen LogP contribution in [0.5, 0.6) is 17.2 Å². The Bertz CT molecular complexity index is 1620. The molecule has 0 aromatic heterocycles. The Morgan fingerprint density at radius 2 is 1.62 bits per heavy atom. The van der Waals surface area contributed by atoms with Gasteiger partial charge >= 0.3 is 12.1 Å². The fourth-order valence-corrected chi connectivity index (χ4v) is 5.82. The second-order valence-electron chi connectivity index (χ2n) is 12.8. The number of anilines is 3. The lowest BCUT2D eigenvalue weighted by Gasteiger charge is -2.35. The molecule has 0 saturated carbocycles. The lowest BCUT2D eigenvalue weighted by Crippen LogP contribution is -2.48. The quantitative estimate of drug-likeness (QED) is 0.235. The molecule has 3 aromatic carbocycles. The molecule has 2 aliphatic rings. The predicted molar refractivity (Wildman–Crippen MR) is 190 cm³/mol. The number of carbonyl (C=O) groups is 3. The fourth-order valence-electron chi connectivity index (χ4n) is 5.82. The predicted octanol–water partition coefficient (Wildman–Crippen LogP) is 6.02. The number of rotatable bonds is 7. The zero-order chi connectivity index (χ0) is 35.6. The highest BCUT2D eigenvalue weighted by Gasteiger charge is 2.31. The van der Waals surface area contributed by atoms with Gasteiger partial charge in [0.1, 0.15) is 5.75 Å². The number of nitrogens with one attached hydrogen (secondary N) is 3. The smallest absolute Gasteiger partial charge is 0.323 e. The van der Waals surface area contributed by atoms with Gasteiger partial charge in [-0.2, -0.15) is 0 Å². The normalized spacial score (nSPS) is 20.1. The van der Waals surface area contributed by atoms with E-state index in [0.717, 1.165) is 19.3 Å². The van der Waals surface area contributed by atoms with Gasteiger partial charge in [-0.3, -0.25) is 4.79 Å². The van der Waals surface area contributed by atoms with E-state index >= 15 is 0 Å². The number of ether oxygens (including phenoxy) is 4. The molecule has 2 heterocycles. The molecule has 4 N–H and O–H groups in total. The van der Waals surface area contributed by atoms with E-state index in [1.807, 2.05) is 32.0 Å². The molecule has 0 fully saturated rings. The van der Waals surface area contributed by atoms with Crippen molar-refractivity contribution < 1.29 is 38.4 Å². The number of nitrogens with zero attached hydrogens (tertiary/aromatic N) is 2. The number of aliphatic hydroxyl groups excluding tert-OH is 1. The summed E-state index contributed by atoms with van der Waals surface area (Å²) in [5, 5.41) is 18.7. The van der Waals surface area contributed by atoms with Crippen LogP contribution >= 0.6 is 0 Å². The van der Waals surface area contributed by atoms with Crippen LogP contribution in [0.25, 0.3) is 0 Å². The van der Waals surface area contributed by atoms with E-state index in [4.69, 9.17) is 18.9 Å². The zero-order valence-electron chi connectivity index (χ0n) is 29.0. The maximum absolute atomic E-state index is 14.4. The first-order valence-corrected chi connectivity index (χ1v) is 17.0. The van der Waals surface area contributed by atoms with E-state index < -0.39 is 18.2 Å². The van der Waals surface area contributed by atoms with Crippen molar-refractivity contribution in [1.82, 2.24) is 9.80 Å². The SMILES string of the molecule is C[C@@H]1CN([C@@H](C)CO)C(=O)c2cc(NC(=O)Nc3ccccc3)ccc2O[C@@H](C)CCCCO[C@@H]1CN(C)C(=O)Nc1ccc2c(c1)OCO2. The Labute approximate surface area is 292 Å². The number of likely N-dealkylation sites (N-methyl/N-ethyl adjacent to an activating group) is 1. The molecule has 5 rings (SSSR count). The van der Waals surface area contributed by atoms with Crippen LogP contribution in [-0.4, -0.2) is 91.3 Å². The van der Waals surface area contributed by atoms with Crippen LogP contribution < -0.4 is 30.2 Å². The van der Waals surface area contributed by atoms with Gasteiger partial charge < -0.3 is 49.8 Å². The number of aliphatic hydroxyl groups is 1. The highest BCUT2D eigenvalue weighted by Crippen LogP contribution is 2.34. The van der Waals surface area contributed by atoms with Gasteiger partial charge in [0.15, 0.2) is 11.5 Å². The van der Waals surface area contributed by atoms with Crippen molar-refractivity contribution >= 4 is 35.0 Å². The lowest BCUT2D eigenvalue weighted by atomic mass is 10.0. The van der Waals surface area contributed by atoms with E-state index in [1.165, 1.54) is 0 Å². The van der Waals surface area contributed by atoms with Crippen LogP contribution in [-0.2, 0) is 4.74 Å². The second kappa shape index (κ2) is 17.1. The van der Waals surface area contributed by atoms with Crippen LogP contribution in [0.1, 0.15) is 50.4 Å². The van der Waals surface area contributed by atoms with Gasteiger partial charge in [0.2, 0.25) is 6.79 Å². The Morgan fingerprint density at radius 3 is 2.38 bits per heavy atom. The molecule has 0 radical (unpaired) electrons. The molecule has 0 saturated heterocycles. The van der Waals surface area contributed by atoms with Crippen molar-refractivity contribution in [3.05, 3.63) is 72.3 Å². The first-order valence-electron chi connectivity index (χ1n) is 17.0. The fraction of sp³-hybridized carbons (Fsp3) is 0.432. The molecule has 5 amide bonds. The van der Waals surface area contributed by atoms with E-state index in [2.05, 4.69) is 16.0 Å². The van der Waals surface area contributed by atoms with Gasteiger partial charge in [-0.05, 0) is 75.6 Å². The third-order valence-electron chi connectivity index (χ3n) is 8.77. The molecule has 3 aromatic rings. The highest BCUT2D eigenvalue weighted by molar-refractivity contribution is 6.02. The minimum Gasteiger partial charge on any atom is -0.490 e. The van der Waals surface area contributed by atoms with Gasteiger partial charge in [-0.1, -0.05) is 25.1 Å². The number of hydrogen-bond donors (Lipinski definition) is 4. The number of hydrogen-bond acceptors (Lipinski definition) is 8. The van der Waals surface area contributed by atoms with E-state index in [0.29, 0.717) is 40.9 Å². The standard InChI is InChI=1S/C37H47N5O8/c1-24-20-42(25(2)22-43)35(44)30-18-28(39-36(45)38-27-11-6-5-7-12-27)13-15-31(30)50-26(3)10-8-9-17-47-34(24)21-41(4)37(46)40-29-14-16-32-33(19-29)49-23-48-32/h5-7,11-16,18-19,24-26,34,43H,8-10,17,20-23H2,1-4H3,(H,40,46)(H2,38,39,45)/t24-,25+,26+,34-/m1/s1. The van der Waals surface area contributed by atoms with E-state index in [-0.39, 0.29) is 56.0 Å². The average Bonchev–Trinajstić information content (AvgIpc) is 3.58. The topological polar surface area (TPSA) is 151 Å². The summed E-state index contributed by atoms with van der Waals surface area (Å²) in [4.78, 5) is 43.6. The number of fused-ring (bicyclic) bond motifs is 2. The minimum absolute atomic E-state index is 0.138. The Kier molecular flexibility index (Phi) is 12.4.